The van der Waals surface area contributed by atoms with Crippen LogP contribution in [-0.4, -0.2) is 22.1 Å². The molecule has 5 heteroatoms. The molecule has 0 spiro atoms. The average molecular weight is 262 g/mol. The molecule has 0 radical (unpaired) electrons. The van der Waals surface area contributed by atoms with Gasteiger partial charge in [-0.1, -0.05) is 42.1 Å². The van der Waals surface area contributed by atoms with Crippen molar-refractivity contribution in [1.29, 1.82) is 0 Å². The first-order chi connectivity index (χ1) is 8.83. The van der Waals surface area contributed by atoms with E-state index in [9.17, 15) is 4.79 Å². The molecule has 0 aliphatic carbocycles. The number of aldehydes is 1. The molecule has 1 heterocycles. The van der Waals surface area contributed by atoms with Crippen molar-refractivity contribution in [1.82, 2.24) is 9.55 Å². The quantitative estimate of drug-likeness (QED) is 0.593. The minimum atomic E-state index is 0.395. The molecule has 0 saturated heterocycles. The van der Waals surface area contributed by atoms with Gasteiger partial charge in [-0.25, -0.2) is 4.98 Å². The van der Waals surface area contributed by atoms with E-state index in [1.54, 1.807) is 6.20 Å². The van der Waals surface area contributed by atoms with Gasteiger partial charge >= 0.3 is 0 Å². The maximum Gasteiger partial charge on any atom is 0.170 e. The Morgan fingerprint density at radius 3 is 2.83 bits per heavy atom. The van der Waals surface area contributed by atoms with Crippen molar-refractivity contribution in [3.63, 3.8) is 0 Å². The molecule has 0 atom stereocenters. The summed E-state index contributed by atoms with van der Waals surface area (Å²) < 4.78 is 7.43. The summed E-state index contributed by atoms with van der Waals surface area (Å²) in [4.78, 5) is 14.8. The standard InChI is InChI=1S/C13H14N2O2S/c1-18-13-14-12(8-16)7-15(13)10-17-9-11-5-3-2-4-6-11/h2-8H,9-10H2,1H3. The molecule has 0 aliphatic heterocycles. The highest BCUT2D eigenvalue weighted by Crippen LogP contribution is 2.14. The second kappa shape index (κ2) is 6.37. The summed E-state index contributed by atoms with van der Waals surface area (Å²) in [6.07, 6.45) is 4.36. The van der Waals surface area contributed by atoms with Crippen molar-refractivity contribution in [2.24, 2.45) is 0 Å². The largest absolute Gasteiger partial charge is 0.356 e. The van der Waals surface area contributed by atoms with Crippen LogP contribution in [0.15, 0.2) is 41.7 Å². The van der Waals surface area contributed by atoms with Crippen molar-refractivity contribution >= 4 is 18.0 Å². The number of ether oxygens (including phenoxy) is 1. The van der Waals surface area contributed by atoms with Crippen LogP contribution in [0.3, 0.4) is 0 Å². The lowest BCUT2D eigenvalue weighted by atomic mass is 10.2. The van der Waals surface area contributed by atoms with Crippen LogP contribution in [0.4, 0.5) is 0 Å². The van der Waals surface area contributed by atoms with Gasteiger partial charge in [0.25, 0.3) is 0 Å². The summed E-state index contributed by atoms with van der Waals surface area (Å²) in [5, 5.41) is 0.783. The molecule has 94 valence electrons. The van der Waals surface area contributed by atoms with Crippen molar-refractivity contribution in [3.05, 3.63) is 47.8 Å². The van der Waals surface area contributed by atoms with E-state index in [4.69, 9.17) is 4.74 Å². The number of hydrogen-bond donors (Lipinski definition) is 0. The fraction of sp³-hybridized carbons (Fsp3) is 0.231. The Hall–Kier alpha value is -1.59. The molecule has 0 amide bonds. The zero-order valence-corrected chi connectivity index (χ0v) is 10.9. The van der Waals surface area contributed by atoms with Crippen molar-refractivity contribution in [2.75, 3.05) is 6.26 Å². The van der Waals surface area contributed by atoms with Gasteiger partial charge in [-0.05, 0) is 11.8 Å². The van der Waals surface area contributed by atoms with E-state index >= 15 is 0 Å². The van der Waals surface area contributed by atoms with Gasteiger partial charge in [0, 0.05) is 6.20 Å². The monoisotopic (exact) mass is 262 g/mol. The molecule has 4 nitrogen and oxygen atoms in total. The van der Waals surface area contributed by atoms with E-state index in [2.05, 4.69) is 4.98 Å². The maximum absolute atomic E-state index is 10.7. The number of carbonyl (C=O) groups is 1. The van der Waals surface area contributed by atoms with Crippen molar-refractivity contribution < 1.29 is 9.53 Å². The van der Waals surface area contributed by atoms with Crippen LogP contribution in [-0.2, 0) is 18.1 Å². The third-order valence-electron chi connectivity index (χ3n) is 2.40. The Labute approximate surface area is 110 Å². The summed E-state index contributed by atoms with van der Waals surface area (Å²) in [5.41, 5.74) is 1.56. The van der Waals surface area contributed by atoms with Gasteiger partial charge < -0.3 is 9.30 Å². The van der Waals surface area contributed by atoms with Crippen LogP contribution in [0, 0.1) is 0 Å². The fourth-order valence-electron chi connectivity index (χ4n) is 1.57. The summed E-state index contributed by atoms with van der Waals surface area (Å²) in [7, 11) is 0. The number of rotatable bonds is 6. The molecule has 0 bridgehead atoms. The number of imidazole rings is 1. The number of nitrogens with zero attached hydrogens (tertiary/aromatic N) is 2. The first-order valence-electron chi connectivity index (χ1n) is 5.51. The minimum Gasteiger partial charge on any atom is -0.356 e. The summed E-state index contributed by atoms with van der Waals surface area (Å²) in [6, 6.07) is 9.96. The van der Waals surface area contributed by atoms with Gasteiger partial charge in [-0.15, -0.1) is 0 Å². The summed E-state index contributed by atoms with van der Waals surface area (Å²) in [6.45, 7) is 0.940. The van der Waals surface area contributed by atoms with Crippen molar-refractivity contribution in [3.8, 4) is 0 Å². The third kappa shape index (κ3) is 3.21. The molecule has 2 aromatic rings. The molecule has 0 N–H and O–H groups in total. The average Bonchev–Trinajstić information content (AvgIpc) is 2.82. The lowest BCUT2D eigenvalue weighted by Gasteiger charge is -2.07. The van der Waals surface area contributed by atoms with Gasteiger partial charge in [0.15, 0.2) is 11.4 Å². The lowest BCUT2D eigenvalue weighted by Crippen LogP contribution is -2.02. The van der Waals surface area contributed by atoms with Crippen LogP contribution >= 0.6 is 11.8 Å². The zero-order chi connectivity index (χ0) is 12.8. The fourth-order valence-corrected chi connectivity index (χ4v) is 2.10. The number of thioether (sulfide) groups is 1. The third-order valence-corrected chi connectivity index (χ3v) is 3.09. The van der Waals surface area contributed by atoms with Gasteiger partial charge in [0.05, 0.1) is 6.61 Å². The Kier molecular flexibility index (Phi) is 4.55. The normalized spacial score (nSPS) is 10.5. The van der Waals surface area contributed by atoms with E-state index in [-0.39, 0.29) is 0 Å². The van der Waals surface area contributed by atoms with Crippen molar-refractivity contribution in [2.45, 2.75) is 18.5 Å². The van der Waals surface area contributed by atoms with Crippen LogP contribution in [0.2, 0.25) is 0 Å². The van der Waals surface area contributed by atoms with Gasteiger partial charge in [-0.3, -0.25) is 4.79 Å². The second-order valence-electron chi connectivity index (χ2n) is 3.70. The second-order valence-corrected chi connectivity index (χ2v) is 4.48. The molecule has 0 saturated carbocycles. The molecular formula is C13H14N2O2S. The van der Waals surface area contributed by atoms with Gasteiger partial charge in [-0.2, -0.15) is 0 Å². The van der Waals surface area contributed by atoms with Crippen LogP contribution in [0.1, 0.15) is 16.1 Å². The Morgan fingerprint density at radius 1 is 1.39 bits per heavy atom. The van der Waals surface area contributed by atoms with E-state index in [1.807, 2.05) is 41.2 Å². The Bertz CT molecular complexity index is 511. The highest BCUT2D eigenvalue weighted by atomic mass is 32.2. The minimum absolute atomic E-state index is 0.395. The van der Waals surface area contributed by atoms with Gasteiger partial charge in [0.2, 0.25) is 0 Å². The molecule has 1 aromatic heterocycles. The highest BCUT2D eigenvalue weighted by molar-refractivity contribution is 7.98. The maximum atomic E-state index is 10.7. The predicted molar refractivity (Wildman–Crippen MR) is 70.6 cm³/mol. The Balaban J connectivity index is 1.93. The van der Waals surface area contributed by atoms with Gasteiger partial charge in [0.1, 0.15) is 12.4 Å². The topological polar surface area (TPSA) is 44.1 Å². The first kappa shape index (κ1) is 12.9. The predicted octanol–water partition coefficient (Wildman–Crippen LogP) is 2.59. The van der Waals surface area contributed by atoms with E-state index in [0.717, 1.165) is 17.0 Å². The number of carbonyl (C=O) groups excluding carboxylic acids is 1. The lowest BCUT2D eigenvalue weighted by molar-refractivity contribution is 0.0587. The van der Waals surface area contributed by atoms with Crippen LogP contribution in [0.25, 0.3) is 0 Å². The molecule has 1 aromatic carbocycles. The van der Waals surface area contributed by atoms with E-state index in [1.165, 1.54) is 11.8 Å². The van der Waals surface area contributed by atoms with Crippen LogP contribution < -0.4 is 0 Å². The number of benzene rings is 1. The van der Waals surface area contributed by atoms with Crippen LogP contribution in [0.5, 0.6) is 0 Å². The highest BCUT2D eigenvalue weighted by Gasteiger charge is 2.06. The molecule has 0 aliphatic rings. The van der Waals surface area contributed by atoms with E-state index < -0.39 is 0 Å². The number of aromatic nitrogens is 2. The summed E-state index contributed by atoms with van der Waals surface area (Å²) in [5.74, 6) is 0. The molecule has 0 unspecified atom stereocenters. The first-order valence-corrected chi connectivity index (χ1v) is 6.74. The number of hydrogen-bond acceptors (Lipinski definition) is 4. The van der Waals surface area contributed by atoms with E-state index in [0.29, 0.717) is 19.0 Å². The molecule has 18 heavy (non-hydrogen) atoms. The smallest absolute Gasteiger partial charge is 0.170 e. The Morgan fingerprint density at radius 2 is 2.17 bits per heavy atom. The summed E-state index contributed by atoms with van der Waals surface area (Å²) >= 11 is 1.49. The molecule has 0 fully saturated rings. The molecule has 2 rings (SSSR count). The zero-order valence-electron chi connectivity index (χ0n) is 10.1. The SMILES string of the molecule is CSc1nc(C=O)cn1COCc1ccccc1. The molecular weight excluding hydrogens is 248 g/mol.